The fourth-order valence-corrected chi connectivity index (χ4v) is 2.58. The quantitative estimate of drug-likeness (QED) is 0.567. The van der Waals surface area contributed by atoms with E-state index in [2.05, 4.69) is 15.8 Å². The molecular weight excluding hydrogens is 398 g/mol. The number of hydrogen-bond donors (Lipinski definition) is 2. The summed E-state index contributed by atoms with van der Waals surface area (Å²) in [5.41, 5.74) is 1.83. The van der Waals surface area contributed by atoms with Crippen LogP contribution in [-0.4, -0.2) is 29.9 Å². The van der Waals surface area contributed by atoms with Crippen molar-refractivity contribution in [3.8, 4) is 0 Å². The Hall–Kier alpha value is -2.87. The van der Waals surface area contributed by atoms with Gasteiger partial charge in [0.15, 0.2) is 0 Å². The molecule has 0 aliphatic heterocycles. The highest BCUT2D eigenvalue weighted by Crippen LogP contribution is 2.16. The molecule has 0 aliphatic rings. The second kappa shape index (κ2) is 9.09. The molecule has 0 saturated heterocycles. The molecule has 156 valence electrons. The van der Waals surface area contributed by atoms with Crippen LogP contribution in [0.15, 0.2) is 38.8 Å². The number of carbonyl (C=O) groups is 2. The molecule has 9 heteroatoms. The van der Waals surface area contributed by atoms with Crippen LogP contribution < -0.4 is 16.2 Å². The Balaban J connectivity index is 2.10. The lowest BCUT2D eigenvalue weighted by atomic mass is 10.0. The van der Waals surface area contributed by atoms with Gasteiger partial charge in [-0.25, -0.2) is 10.2 Å². The fraction of sp³-hybridized carbons (Fsp3) is 0.400. The number of alkyl carbamates (subject to hydrolysis) is 1. The summed E-state index contributed by atoms with van der Waals surface area (Å²) in [6.45, 7) is 8.72. The second-order valence-corrected chi connectivity index (χ2v) is 8.20. The van der Waals surface area contributed by atoms with Gasteiger partial charge in [-0.3, -0.25) is 9.59 Å². The molecule has 0 unspecified atom stereocenters. The van der Waals surface area contributed by atoms with E-state index < -0.39 is 23.6 Å². The van der Waals surface area contributed by atoms with E-state index in [1.807, 2.05) is 0 Å². The van der Waals surface area contributed by atoms with E-state index in [4.69, 9.17) is 20.8 Å². The average molecular weight is 422 g/mol. The van der Waals surface area contributed by atoms with Crippen LogP contribution in [0.25, 0.3) is 11.0 Å². The number of amides is 2. The van der Waals surface area contributed by atoms with Gasteiger partial charge in [-0.15, -0.1) is 0 Å². The molecule has 8 nitrogen and oxygen atoms in total. The summed E-state index contributed by atoms with van der Waals surface area (Å²) in [6, 6.07) is 3.84. The van der Waals surface area contributed by atoms with E-state index in [1.54, 1.807) is 46.8 Å². The van der Waals surface area contributed by atoms with Crippen molar-refractivity contribution >= 4 is 40.8 Å². The number of hydrazone groups is 1. The van der Waals surface area contributed by atoms with Gasteiger partial charge in [-0.2, -0.15) is 5.10 Å². The molecule has 1 aromatic heterocycles. The first-order chi connectivity index (χ1) is 13.5. The first kappa shape index (κ1) is 22.4. The highest BCUT2D eigenvalue weighted by Gasteiger charge is 2.26. The van der Waals surface area contributed by atoms with E-state index in [9.17, 15) is 14.4 Å². The average Bonchev–Trinajstić information content (AvgIpc) is 2.60. The SMILES string of the molecule is CC(C)[C@H](NC(=O)OC(C)(C)C)C(=O)N/N=C\c1coc2ccc(Cl)cc2c1=O. The molecular formula is C20H24ClN3O5. The van der Waals surface area contributed by atoms with E-state index in [0.29, 0.717) is 16.0 Å². The van der Waals surface area contributed by atoms with Crippen LogP contribution in [0.2, 0.25) is 5.02 Å². The van der Waals surface area contributed by atoms with Gasteiger partial charge in [-0.1, -0.05) is 25.4 Å². The molecule has 29 heavy (non-hydrogen) atoms. The lowest BCUT2D eigenvalue weighted by Gasteiger charge is -2.24. The highest BCUT2D eigenvalue weighted by atomic mass is 35.5. The molecule has 0 radical (unpaired) electrons. The lowest BCUT2D eigenvalue weighted by molar-refractivity contribution is -0.124. The number of nitrogens with zero attached hydrogens (tertiary/aromatic N) is 1. The Kier molecular flexibility index (Phi) is 7.02. The van der Waals surface area contributed by atoms with Gasteiger partial charge in [0.1, 0.15) is 23.5 Å². The fourth-order valence-electron chi connectivity index (χ4n) is 2.41. The Morgan fingerprint density at radius 3 is 2.59 bits per heavy atom. The van der Waals surface area contributed by atoms with Crippen LogP contribution in [0.3, 0.4) is 0 Å². The standard InChI is InChI=1S/C20H24ClN3O5/c1-11(2)16(23-19(27)29-20(3,4)5)18(26)24-22-9-12-10-28-15-7-6-13(21)8-14(15)17(12)25/h6-11,16H,1-5H3,(H,23,27)(H,24,26)/b22-9-/t16-/m0/s1. The van der Waals surface area contributed by atoms with Crippen LogP contribution in [0, 0.1) is 5.92 Å². The van der Waals surface area contributed by atoms with Crippen LogP contribution in [0.4, 0.5) is 4.79 Å². The van der Waals surface area contributed by atoms with E-state index in [0.717, 1.165) is 0 Å². The zero-order valence-electron chi connectivity index (χ0n) is 16.9. The molecule has 0 fully saturated rings. The third kappa shape index (κ3) is 6.32. The largest absolute Gasteiger partial charge is 0.463 e. The Morgan fingerprint density at radius 1 is 1.28 bits per heavy atom. The van der Waals surface area contributed by atoms with Crippen molar-refractivity contribution in [3.63, 3.8) is 0 Å². The zero-order chi connectivity index (χ0) is 21.8. The summed E-state index contributed by atoms with van der Waals surface area (Å²) >= 11 is 5.92. The van der Waals surface area contributed by atoms with Gasteiger partial charge >= 0.3 is 6.09 Å². The first-order valence-electron chi connectivity index (χ1n) is 9.01. The molecule has 2 amide bonds. The maximum absolute atomic E-state index is 12.5. The van der Waals surface area contributed by atoms with Crippen LogP contribution >= 0.6 is 11.6 Å². The van der Waals surface area contributed by atoms with Crippen molar-refractivity contribution in [3.05, 3.63) is 45.3 Å². The first-order valence-corrected chi connectivity index (χ1v) is 9.39. The molecule has 2 N–H and O–H groups in total. The van der Waals surface area contributed by atoms with Crippen molar-refractivity contribution in [2.24, 2.45) is 11.0 Å². The number of carbonyl (C=O) groups excluding carboxylic acids is 2. The van der Waals surface area contributed by atoms with Gasteiger partial charge in [0.25, 0.3) is 5.91 Å². The Bertz CT molecular complexity index is 992. The molecule has 0 saturated carbocycles. The minimum atomic E-state index is -0.867. The number of halogens is 1. The number of rotatable bonds is 5. The normalized spacial score (nSPS) is 12.9. The molecule has 1 heterocycles. The lowest BCUT2D eigenvalue weighted by Crippen LogP contribution is -2.49. The number of hydrogen-bond acceptors (Lipinski definition) is 6. The van der Waals surface area contributed by atoms with E-state index >= 15 is 0 Å². The van der Waals surface area contributed by atoms with Crippen molar-refractivity contribution in [2.45, 2.75) is 46.3 Å². The summed E-state index contributed by atoms with van der Waals surface area (Å²) < 4.78 is 10.6. The topological polar surface area (TPSA) is 110 Å². The number of ether oxygens (including phenoxy) is 1. The van der Waals surface area contributed by atoms with Crippen molar-refractivity contribution in [2.75, 3.05) is 0 Å². The van der Waals surface area contributed by atoms with Gasteiger partial charge in [-0.05, 0) is 44.9 Å². The number of fused-ring (bicyclic) bond motifs is 1. The maximum Gasteiger partial charge on any atom is 0.408 e. The molecule has 2 aromatic rings. The van der Waals surface area contributed by atoms with Crippen molar-refractivity contribution < 1.29 is 18.7 Å². The maximum atomic E-state index is 12.5. The minimum absolute atomic E-state index is 0.140. The molecule has 1 atom stereocenters. The smallest absolute Gasteiger partial charge is 0.408 e. The molecule has 0 bridgehead atoms. The van der Waals surface area contributed by atoms with E-state index in [1.165, 1.54) is 18.5 Å². The second-order valence-electron chi connectivity index (χ2n) is 7.76. The molecule has 0 aliphatic carbocycles. The number of nitrogens with one attached hydrogen (secondary N) is 2. The predicted molar refractivity (Wildman–Crippen MR) is 111 cm³/mol. The van der Waals surface area contributed by atoms with Gasteiger partial charge in [0.05, 0.1) is 17.2 Å². The number of benzene rings is 1. The minimum Gasteiger partial charge on any atom is -0.463 e. The van der Waals surface area contributed by atoms with Crippen LogP contribution in [-0.2, 0) is 9.53 Å². The summed E-state index contributed by atoms with van der Waals surface area (Å²) in [7, 11) is 0. The van der Waals surface area contributed by atoms with E-state index in [-0.39, 0.29) is 16.9 Å². The third-order valence-electron chi connectivity index (χ3n) is 3.76. The molecule has 2 rings (SSSR count). The van der Waals surface area contributed by atoms with Gasteiger partial charge in [0, 0.05) is 5.02 Å². The summed E-state index contributed by atoms with van der Waals surface area (Å²) in [4.78, 5) is 36.8. The monoisotopic (exact) mass is 421 g/mol. The van der Waals surface area contributed by atoms with Gasteiger partial charge in [0.2, 0.25) is 5.43 Å². The Morgan fingerprint density at radius 2 is 1.97 bits per heavy atom. The van der Waals surface area contributed by atoms with Crippen LogP contribution in [0.1, 0.15) is 40.2 Å². The Labute approximate surface area is 173 Å². The third-order valence-corrected chi connectivity index (χ3v) is 4.00. The van der Waals surface area contributed by atoms with Crippen molar-refractivity contribution in [1.29, 1.82) is 0 Å². The summed E-state index contributed by atoms with van der Waals surface area (Å²) in [6.07, 6.45) is 1.71. The predicted octanol–water partition coefficient (Wildman–Crippen LogP) is 3.45. The highest BCUT2D eigenvalue weighted by molar-refractivity contribution is 6.31. The van der Waals surface area contributed by atoms with Crippen molar-refractivity contribution in [1.82, 2.24) is 10.7 Å². The zero-order valence-corrected chi connectivity index (χ0v) is 17.7. The summed E-state index contributed by atoms with van der Waals surface area (Å²) in [5.74, 6) is -0.763. The van der Waals surface area contributed by atoms with Crippen LogP contribution in [0.5, 0.6) is 0 Å². The van der Waals surface area contributed by atoms with Gasteiger partial charge < -0.3 is 14.5 Å². The summed E-state index contributed by atoms with van der Waals surface area (Å²) in [5, 5.41) is 7.04. The molecule has 0 spiro atoms. The molecule has 1 aromatic carbocycles.